The van der Waals surface area contributed by atoms with Crippen molar-refractivity contribution >= 4 is 0 Å². The van der Waals surface area contributed by atoms with Gasteiger partial charge < -0.3 is 0 Å². The van der Waals surface area contributed by atoms with Crippen molar-refractivity contribution in [1.82, 2.24) is 0 Å². The molecule has 0 fully saturated rings. The second kappa shape index (κ2) is 57.7. The molecule has 1 aromatic rings. The minimum absolute atomic E-state index is 0.176. The Balaban J connectivity index is -0.0000000663. The molecule has 0 nitrogen and oxygen atoms in total. The van der Waals surface area contributed by atoms with Crippen LogP contribution < -0.4 is 0 Å². The predicted octanol–water partition coefficient (Wildman–Crippen LogP) is 19.6. The van der Waals surface area contributed by atoms with Gasteiger partial charge in [-0.25, -0.2) is 0 Å². The Hall–Kier alpha value is -2.60. The quantitative estimate of drug-likeness (QED) is 0.185. The summed E-state index contributed by atoms with van der Waals surface area (Å²) in [6, 6.07) is 6.83. The Bertz CT molecular complexity index is 973. The molecule has 0 bridgehead atoms. The van der Waals surface area contributed by atoms with Gasteiger partial charge in [0, 0.05) is 0 Å². The maximum Gasteiger partial charge on any atom is -0.00614 e. The van der Waals surface area contributed by atoms with Gasteiger partial charge in [-0.3, -0.25) is 0 Å². The standard InChI is InChI=1S/C17H24.C13H22.C4H8.C4H10.C3H8.C3H6.4C2H6/c1-6-15-8-9-17(14(5)11-15)12-16(7-2)10-13(3)4;1-8-10(2)11(3)9-12(4)13(5,6)7;1-4(2)3;1-3-4-2;2*1-3-2;4*1-2/h8-11H,3,6-7,12H2,1-2,4-5H3;8-9H,4H2,1-3,5-7H3;1H2,2-3H3;3-4H2,1-2H3;3H2,1-2H3;3H,1H2,2H3;4*1-2H3/b16-10+;10-8-,11-9-;;;;;;;;. The lowest BCUT2D eigenvalue weighted by Crippen LogP contribution is -2.06. The summed E-state index contributed by atoms with van der Waals surface area (Å²) in [6.45, 7) is 67.0. The zero-order chi connectivity index (χ0) is 43.9. The number of rotatable bonds is 8. The van der Waals surface area contributed by atoms with Crippen LogP contribution >= 0.6 is 0 Å². The number of hydrogen-bond acceptors (Lipinski definition) is 0. The van der Waals surface area contributed by atoms with E-state index in [4.69, 9.17) is 0 Å². The molecule has 1 aromatic carbocycles. The summed E-state index contributed by atoms with van der Waals surface area (Å²) in [7, 11) is 0. The molecule has 0 N–H and O–H groups in total. The highest BCUT2D eigenvalue weighted by atomic mass is 14.2. The first-order valence-corrected chi connectivity index (χ1v) is 21.0. The Morgan fingerprint density at radius 1 is 0.673 bits per heavy atom. The highest BCUT2D eigenvalue weighted by molar-refractivity contribution is 5.36. The smallest absolute Gasteiger partial charge is 0.00614 e. The second-order valence-corrected chi connectivity index (χ2v) is 12.7. The average Bonchev–Trinajstić information content (AvgIpc) is 3.12. The molecule has 0 amide bonds. The largest absolute Gasteiger partial charge is 0.103 e. The number of hydrogen-bond donors (Lipinski definition) is 0. The Morgan fingerprint density at radius 2 is 1.04 bits per heavy atom. The van der Waals surface area contributed by atoms with E-state index in [1.165, 1.54) is 63.8 Å². The molecule has 0 aliphatic heterocycles. The summed E-state index contributed by atoms with van der Waals surface area (Å²) in [5.41, 5.74) is 12.0. The lowest BCUT2D eigenvalue weighted by atomic mass is 9.86. The van der Waals surface area contributed by atoms with Crippen molar-refractivity contribution < 1.29 is 0 Å². The fraction of sp³-hybridized carbons (Fsp3) is 0.615. The maximum absolute atomic E-state index is 4.08. The minimum atomic E-state index is 0.176. The molecular formula is C52H102. The summed E-state index contributed by atoms with van der Waals surface area (Å²) < 4.78 is 0. The lowest BCUT2D eigenvalue weighted by Gasteiger charge is -2.19. The van der Waals surface area contributed by atoms with Crippen molar-refractivity contribution in [1.29, 1.82) is 0 Å². The van der Waals surface area contributed by atoms with Crippen molar-refractivity contribution in [2.45, 2.75) is 212 Å². The van der Waals surface area contributed by atoms with Crippen LogP contribution in [-0.2, 0) is 12.8 Å². The van der Waals surface area contributed by atoms with Crippen LogP contribution in [0.3, 0.4) is 0 Å². The van der Waals surface area contributed by atoms with E-state index in [2.05, 4.69) is 160 Å². The van der Waals surface area contributed by atoms with Crippen molar-refractivity contribution in [2.75, 3.05) is 0 Å². The van der Waals surface area contributed by atoms with Crippen LogP contribution in [0, 0.1) is 12.3 Å². The second-order valence-electron chi connectivity index (χ2n) is 12.7. The molecule has 310 valence electrons. The van der Waals surface area contributed by atoms with Gasteiger partial charge in [-0.2, -0.15) is 0 Å². The molecule has 0 aromatic heterocycles. The molecule has 1 rings (SSSR count). The number of unbranched alkanes of at least 4 members (excludes halogenated alkanes) is 1. The summed E-state index contributed by atoms with van der Waals surface area (Å²) in [6.07, 6.45) is 15.4. The van der Waals surface area contributed by atoms with Gasteiger partial charge >= 0.3 is 0 Å². The monoisotopic (exact) mass is 727 g/mol. The van der Waals surface area contributed by atoms with Crippen LogP contribution in [0.5, 0.6) is 0 Å². The molecule has 0 spiro atoms. The average molecular weight is 727 g/mol. The summed E-state index contributed by atoms with van der Waals surface area (Å²) in [5.74, 6) is 0. The number of aryl methyl sites for hydroxylation is 2. The molecule has 0 heterocycles. The fourth-order valence-electron chi connectivity index (χ4n) is 2.87. The van der Waals surface area contributed by atoms with Crippen molar-refractivity contribution in [3.05, 3.63) is 119 Å². The number of allylic oxidation sites excluding steroid dienone is 10. The van der Waals surface area contributed by atoms with Gasteiger partial charge in [-0.15, -0.1) is 13.2 Å². The van der Waals surface area contributed by atoms with Crippen LogP contribution in [0.4, 0.5) is 0 Å². The van der Waals surface area contributed by atoms with E-state index in [9.17, 15) is 0 Å². The van der Waals surface area contributed by atoms with E-state index in [1.807, 2.05) is 76.2 Å². The van der Waals surface area contributed by atoms with Gasteiger partial charge in [-0.05, 0) is 108 Å². The van der Waals surface area contributed by atoms with E-state index < -0.39 is 0 Å². The van der Waals surface area contributed by atoms with E-state index in [1.54, 1.807) is 6.08 Å². The van der Waals surface area contributed by atoms with E-state index in [0.717, 1.165) is 24.8 Å². The fourth-order valence-corrected chi connectivity index (χ4v) is 2.87. The predicted molar refractivity (Wildman–Crippen MR) is 258 cm³/mol. The third kappa shape index (κ3) is 65.7. The molecular weight excluding hydrogens is 625 g/mol. The van der Waals surface area contributed by atoms with Crippen LogP contribution in [0.1, 0.15) is 209 Å². The minimum Gasteiger partial charge on any atom is -0.103 e. The Labute approximate surface area is 334 Å². The summed E-state index contributed by atoms with van der Waals surface area (Å²) in [5, 5.41) is 0. The molecule has 0 radical (unpaired) electrons. The highest BCUT2D eigenvalue weighted by Gasteiger charge is 2.12. The molecule has 0 atom stereocenters. The first-order chi connectivity index (χ1) is 24.3. The third-order valence-corrected chi connectivity index (χ3v) is 6.05. The highest BCUT2D eigenvalue weighted by Crippen LogP contribution is 2.26. The Morgan fingerprint density at radius 3 is 1.27 bits per heavy atom. The summed E-state index contributed by atoms with van der Waals surface area (Å²) >= 11 is 0. The first-order valence-electron chi connectivity index (χ1n) is 21.0. The van der Waals surface area contributed by atoms with Gasteiger partial charge in [0.1, 0.15) is 0 Å². The lowest BCUT2D eigenvalue weighted by molar-refractivity contribution is 0.518. The van der Waals surface area contributed by atoms with Crippen LogP contribution in [0.15, 0.2) is 102 Å². The SMILES string of the molecule is C=C(/C=C(C)\C(C)=C/C)C(C)(C)C.C=C(C)/C=C(\CC)Cc1ccc(CC)cc1C.C=C(C)C.C=CC.CC.CC.CC.CC.CCC.CCCC. The maximum atomic E-state index is 4.08. The Kier molecular flexibility index (Phi) is 78.7. The topological polar surface area (TPSA) is 0 Å². The molecule has 52 heavy (non-hydrogen) atoms. The third-order valence-electron chi connectivity index (χ3n) is 6.05. The van der Waals surface area contributed by atoms with Gasteiger partial charge in [0.25, 0.3) is 0 Å². The van der Waals surface area contributed by atoms with Gasteiger partial charge in [0.2, 0.25) is 0 Å². The normalized spacial score (nSPS) is 9.60. The molecule has 0 saturated heterocycles. The zero-order valence-corrected chi connectivity index (χ0v) is 41.1. The summed E-state index contributed by atoms with van der Waals surface area (Å²) in [4.78, 5) is 0. The molecule has 0 unspecified atom stereocenters. The molecule has 0 heteroatoms. The van der Waals surface area contributed by atoms with E-state index in [-0.39, 0.29) is 5.41 Å². The van der Waals surface area contributed by atoms with Crippen LogP contribution in [0.25, 0.3) is 0 Å². The van der Waals surface area contributed by atoms with E-state index >= 15 is 0 Å². The van der Waals surface area contributed by atoms with Gasteiger partial charge in [0.15, 0.2) is 0 Å². The van der Waals surface area contributed by atoms with Crippen molar-refractivity contribution in [2.24, 2.45) is 5.41 Å². The molecule has 0 aliphatic carbocycles. The van der Waals surface area contributed by atoms with Crippen molar-refractivity contribution in [3.63, 3.8) is 0 Å². The van der Waals surface area contributed by atoms with Gasteiger partial charge in [0.05, 0.1) is 0 Å². The van der Waals surface area contributed by atoms with Crippen LogP contribution in [0.2, 0.25) is 0 Å². The van der Waals surface area contributed by atoms with E-state index in [0.29, 0.717) is 0 Å². The van der Waals surface area contributed by atoms with Gasteiger partial charge in [-0.1, -0.05) is 215 Å². The van der Waals surface area contributed by atoms with Crippen LogP contribution in [-0.4, -0.2) is 0 Å². The molecule has 0 saturated carbocycles. The molecule has 0 aliphatic rings. The van der Waals surface area contributed by atoms with Crippen molar-refractivity contribution in [3.8, 4) is 0 Å². The number of benzene rings is 1. The zero-order valence-electron chi connectivity index (χ0n) is 41.1. The first kappa shape index (κ1) is 70.9.